The second-order valence-corrected chi connectivity index (χ2v) is 6.52. The van der Waals surface area contributed by atoms with Gasteiger partial charge < -0.3 is 15.7 Å². The Morgan fingerprint density at radius 1 is 1.33 bits per heavy atom. The van der Waals surface area contributed by atoms with Crippen LogP contribution in [0.5, 0.6) is 0 Å². The Bertz CT molecular complexity index is 450. The van der Waals surface area contributed by atoms with Gasteiger partial charge in [-0.3, -0.25) is 0 Å². The molecule has 3 N–H and O–H groups in total. The van der Waals surface area contributed by atoms with Crippen molar-refractivity contribution < 1.29 is 9.90 Å². The molecular formula is C16H24N2O2S. The van der Waals surface area contributed by atoms with E-state index in [-0.39, 0.29) is 12.1 Å². The number of aliphatic hydroxyl groups excluding tert-OH is 1. The number of hydrogen-bond acceptors (Lipinski definition) is 3. The summed E-state index contributed by atoms with van der Waals surface area (Å²) < 4.78 is 0. The largest absolute Gasteiger partial charge is 0.393 e. The van der Waals surface area contributed by atoms with Gasteiger partial charge >= 0.3 is 6.03 Å². The van der Waals surface area contributed by atoms with E-state index in [9.17, 15) is 9.90 Å². The van der Waals surface area contributed by atoms with Crippen LogP contribution in [0.25, 0.3) is 0 Å². The lowest BCUT2D eigenvalue weighted by Crippen LogP contribution is -2.35. The zero-order valence-electron chi connectivity index (χ0n) is 12.5. The van der Waals surface area contributed by atoms with Crippen LogP contribution in [0.4, 0.5) is 10.5 Å². The molecule has 0 heterocycles. The Balaban J connectivity index is 1.73. The van der Waals surface area contributed by atoms with Gasteiger partial charge in [0.1, 0.15) is 0 Å². The van der Waals surface area contributed by atoms with Gasteiger partial charge in [-0.15, -0.1) is 0 Å². The van der Waals surface area contributed by atoms with Crippen molar-refractivity contribution in [2.45, 2.75) is 37.5 Å². The van der Waals surface area contributed by atoms with Crippen molar-refractivity contribution in [1.82, 2.24) is 5.32 Å². The maximum absolute atomic E-state index is 11.9. The maximum atomic E-state index is 11.9. The fourth-order valence-electron chi connectivity index (χ4n) is 2.71. The monoisotopic (exact) mass is 308 g/mol. The van der Waals surface area contributed by atoms with Gasteiger partial charge in [0.25, 0.3) is 0 Å². The molecule has 2 atom stereocenters. The highest BCUT2D eigenvalue weighted by atomic mass is 32.2. The quantitative estimate of drug-likeness (QED) is 0.782. The topological polar surface area (TPSA) is 61.4 Å². The van der Waals surface area contributed by atoms with Crippen LogP contribution in [0.15, 0.2) is 24.3 Å². The molecule has 1 aromatic carbocycles. The van der Waals surface area contributed by atoms with E-state index < -0.39 is 0 Å². The van der Waals surface area contributed by atoms with Crippen LogP contribution in [0, 0.1) is 5.92 Å². The fraction of sp³-hybridized carbons (Fsp3) is 0.562. The molecule has 0 bridgehead atoms. The number of carbonyl (C=O) groups excluding carboxylic acids is 1. The summed E-state index contributed by atoms with van der Waals surface area (Å²) in [5, 5.41) is 15.4. The molecular weight excluding hydrogens is 284 g/mol. The zero-order chi connectivity index (χ0) is 15.1. The molecule has 1 aliphatic rings. The molecule has 0 aromatic heterocycles. The normalized spacial score (nSPS) is 21.8. The molecule has 5 heteroatoms. The van der Waals surface area contributed by atoms with Gasteiger partial charge in [0.15, 0.2) is 0 Å². The standard InChI is InChI=1S/C16H24N2O2S/c1-21-11-12-5-7-14(8-6-12)18-16(20)17-10-13-3-2-4-15(19)9-13/h5-8,13,15,19H,2-4,9-11H2,1H3,(H2,17,18,20). The van der Waals surface area contributed by atoms with E-state index in [4.69, 9.17) is 0 Å². The molecule has 0 saturated heterocycles. The summed E-state index contributed by atoms with van der Waals surface area (Å²) in [5.41, 5.74) is 2.06. The van der Waals surface area contributed by atoms with Crippen molar-refractivity contribution in [2.24, 2.45) is 5.92 Å². The predicted molar refractivity (Wildman–Crippen MR) is 88.6 cm³/mol. The van der Waals surface area contributed by atoms with Crippen molar-refractivity contribution in [3.8, 4) is 0 Å². The number of hydrogen-bond donors (Lipinski definition) is 3. The first-order valence-electron chi connectivity index (χ1n) is 7.48. The molecule has 1 fully saturated rings. The number of urea groups is 1. The second-order valence-electron chi connectivity index (χ2n) is 5.65. The highest BCUT2D eigenvalue weighted by Crippen LogP contribution is 2.23. The van der Waals surface area contributed by atoms with E-state index in [1.54, 1.807) is 11.8 Å². The number of thioether (sulfide) groups is 1. The Labute approximate surface area is 130 Å². The Morgan fingerprint density at radius 3 is 2.76 bits per heavy atom. The van der Waals surface area contributed by atoms with E-state index in [1.165, 1.54) is 5.56 Å². The summed E-state index contributed by atoms with van der Waals surface area (Å²) in [6.07, 6.45) is 5.70. The van der Waals surface area contributed by atoms with E-state index in [0.29, 0.717) is 12.5 Å². The lowest BCUT2D eigenvalue weighted by molar-refractivity contribution is 0.101. The average molecular weight is 308 g/mol. The van der Waals surface area contributed by atoms with Crippen LogP contribution in [0.3, 0.4) is 0 Å². The third-order valence-corrected chi connectivity index (χ3v) is 4.45. The van der Waals surface area contributed by atoms with Crippen LogP contribution >= 0.6 is 11.8 Å². The van der Waals surface area contributed by atoms with Crippen LogP contribution in [0.2, 0.25) is 0 Å². The molecule has 116 valence electrons. The minimum absolute atomic E-state index is 0.173. The predicted octanol–water partition coefficient (Wildman–Crippen LogP) is 3.22. The van der Waals surface area contributed by atoms with E-state index in [2.05, 4.69) is 16.9 Å². The van der Waals surface area contributed by atoms with Gasteiger partial charge in [0, 0.05) is 18.0 Å². The molecule has 0 spiro atoms. The zero-order valence-corrected chi connectivity index (χ0v) is 13.3. The van der Waals surface area contributed by atoms with Crippen molar-refractivity contribution in [2.75, 3.05) is 18.1 Å². The number of anilines is 1. The Hall–Kier alpha value is -1.20. The summed E-state index contributed by atoms with van der Waals surface area (Å²) in [7, 11) is 0. The van der Waals surface area contributed by atoms with Crippen molar-refractivity contribution >= 4 is 23.5 Å². The third kappa shape index (κ3) is 5.59. The van der Waals surface area contributed by atoms with Crippen LogP contribution in [0.1, 0.15) is 31.2 Å². The number of benzene rings is 1. The third-order valence-electron chi connectivity index (χ3n) is 3.83. The SMILES string of the molecule is CSCc1ccc(NC(=O)NCC2CCCC(O)C2)cc1. The van der Waals surface area contributed by atoms with Gasteiger partial charge in [0.2, 0.25) is 0 Å². The van der Waals surface area contributed by atoms with Gasteiger partial charge in [-0.2, -0.15) is 11.8 Å². The number of aliphatic hydroxyl groups is 1. The number of carbonyl (C=O) groups is 1. The minimum atomic E-state index is -0.197. The summed E-state index contributed by atoms with van der Waals surface area (Å²) in [6.45, 7) is 0.632. The highest BCUT2D eigenvalue weighted by molar-refractivity contribution is 7.97. The Kier molecular flexibility index (Phi) is 6.39. The molecule has 1 aromatic rings. The molecule has 2 rings (SSSR count). The summed E-state index contributed by atoms with van der Waals surface area (Å²) in [6, 6.07) is 7.74. The fourth-order valence-corrected chi connectivity index (χ4v) is 3.24. The Morgan fingerprint density at radius 2 is 2.10 bits per heavy atom. The maximum Gasteiger partial charge on any atom is 0.319 e. The number of nitrogens with one attached hydrogen (secondary N) is 2. The summed E-state index contributed by atoms with van der Waals surface area (Å²) >= 11 is 1.78. The average Bonchev–Trinajstić information content (AvgIpc) is 2.48. The van der Waals surface area contributed by atoms with Crippen molar-refractivity contribution in [1.29, 1.82) is 0 Å². The van der Waals surface area contributed by atoms with Crippen molar-refractivity contribution in [3.05, 3.63) is 29.8 Å². The van der Waals surface area contributed by atoms with Crippen LogP contribution < -0.4 is 10.6 Å². The molecule has 1 saturated carbocycles. The molecule has 2 unspecified atom stereocenters. The van der Waals surface area contributed by atoms with E-state index in [0.717, 1.165) is 37.1 Å². The smallest absolute Gasteiger partial charge is 0.319 e. The van der Waals surface area contributed by atoms with Crippen LogP contribution in [-0.2, 0) is 5.75 Å². The van der Waals surface area contributed by atoms with Crippen LogP contribution in [-0.4, -0.2) is 30.0 Å². The van der Waals surface area contributed by atoms with Gasteiger partial charge in [-0.05, 0) is 49.1 Å². The molecule has 1 aliphatic carbocycles. The molecule has 21 heavy (non-hydrogen) atoms. The van der Waals surface area contributed by atoms with Gasteiger partial charge in [-0.25, -0.2) is 4.79 Å². The lowest BCUT2D eigenvalue weighted by Gasteiger charge is -2.25. The van der Waals surface area contributed by atoms with Gasteiger partial charge in [0.05, 0.1) is 6.10 Å². The molecule has 2 amide bonds. The molecule has 0 radical (unpaired) electrons. The summed E-state index contributed by atoms with van der Waals surface area (Å²) in [5.74, 6) is 1.37. The number of amides is 2. The first-order chi connectivity index (χ1) is 10.2. The first kappa shape index (κ1) is 16.2. The minimum Gasteiger partial charge on any atom is -0.393 e. The number of rotatable bonds is 5. The van der Waals surface area contributed by atoms with Gasteiger partial charge in [-0.1, -0.05) is 18.6 Å². The second kappa shape index (κ2) is 8.29. The molecule has 0 aliphatic heterocycles. The van der Waals surface area contributed by atoms with Crippen molar-refractivity contribution in [3.63, 3.8) is 0 Å². The van der Waals surface area contributed by atoms with E-state index in [1.807, 2.05) is 24.3 Å². The van der Waals surface area contributed by atoms with E-state index >= 15 is 0 Å². The lowest BCUT2D eigenvalue weighted by atomic mass is 9.87. The highest BCUT2D eigenvalue weighted by Gasteiger charge is 2.20. The first-order valence-corrected chi connectivity index (χ1v) is 8.87. The summed E-state index contributed by atoms with van der Waals surface area (Å²) in [4.78, 5) is 11.9. The molecule has 4 nitrogen and oxygen atoms in total.